The van der Waals surface area contributed by atoms with Gasteiger partial charge in [-0.15, -0.1) is 0 Å². The molecule has 0 saturated carbocycles. The number of para-hydroxylation sites is 2. The van der Waals surface area contributed by atoms with Gasteiger partial charge in [0.1, 0.15) is 4.90 Å². The van der Waals surface area contributed by atoms with Crippen LogP contribution >= 0.6 is 0 Å². The van der Waals surface area contributed by atoms with Crippen LogP contribution < -0.4 is 9.21 Å². The molecule has 3 aromatic carbocycles. The van der Waals surface area contributed by atoms with E-state index < -0.39 is 16.1 Å². The number of sulfonamides is 1. The monoisotopic (exact) mass is 406 g/mol. The van der Waals surface area contributed by atoms with Crippen LogP contribution in [0.4, 0.5) is 16.2 Å². The van der Waals surface area contributed by atoms with Crippen LogP contribution in [0.15, 0.2) is 71.6 Å². The van der Waals surface area contributed by atoms with Crippen molar-refractivity contribution in [3.63, 3.8) is 0 Å². The maximum absolute atomic E-state index is 13.6. The number of fused-ring (bicyclic) bond motifs is 1. The Balaban J connectivity index is 1.91. The molecule has 1 heterocycles. The van der Waals surface area contributed by atoms with Gasteiger partial charge in [0.05, 0.1) is 17.9 Å². The summed E-state index contributed by atoms with van der Waals surface area (Å²) in [7, 11) is -4.02. The van der Waals surface area contributed by atoms with Crippen LogP contribution in [-0.4, -0.2) is 14.4 Å². The Bertz CT molecular complexity index is 1180. The summed E-state index contributed by atoms with van der Waals surface area (Å²) < 4.78 is 27.8. The van der Waals surface area contributed by atoms with Gasteiger partial charge in [0.2, 0.25) is 0 Å². The molecule has 0 N–H and O–H groups in total. The van der Waals surface area contributed by atoms with Crippen molar-refractivity contribution in [1.82, 2.24) is 0 Å². The van der Waals surface area contributed by atoms with Crippen LogP contribution in [0.25, 0.3) is 0 Å². The highest BCUT2D eigenvalue weighted by molar-refractivity contribution is 7.94. The fourth-order valence-electron chi connectivity index (χ4n) is 3.68. The average molecular weight is 407 g/mol. The number of amides is 2. The molecule has 0 saturated heterocycles. The van der Waals surface area contributed by atoms with Crippen molar-refractivity contribution >= 4 is 27.4 Å². The summed E-state index contributed by atoms with van der Waals surface area (Å²) in [5, 5.41) is 0. The molecule has 0 spiro atoms. The molecule has 1 aliphatic heterocycles. The Morgan fingerprint density at radius 2 is 1.41 bits per heavy atom. The number of carbonyl (C=O) groups excluding carboxylic acids is 1. The van der Waals surface area contributed by atoms with E-state index in [2.05, 4.69) is 0 Å². The predicted molar refractivity (Wildman–Crippen MR) is 115 cm³/mol. The number of hydrogen-bond donors (Lipinski definition) is 0. The van der Waals surface area contributed by atoms with Crippen molar-refractivity contribution < 1.29 is 13.2 Å². The van der Waals surface area contributed by atoms with E-state index in [0.717, 1.165) is 26.6 Å². The number of hydrogen-bond acceptors (Lipinski definition) is 3. The number of aryl methyl sites for hydroxylation is 3. The summed E-state index contributed by atoms with van der Waals surface area (Å²) in [5.41, 5.74) is 4.34. The van der Waals surface area contributed by atoms with Crippen LogP contribution in [0.1, 0.15) is 22.3 Å². The first-order chi connectivity index (χ1) is 13.8. The summed E-state index contributed by atoms with van der Waals surface area (Å²) in [5.74, 6) is 0. The second-order valence-electron chi connectivity index (χ2n) is 7.33. The number of rotatable bonds is 3. The van der Waals surface area contributed by atoms with Gasteiger partial charge < -0.3 is 0 Å². The number of urea groups is 1. The summed E-state index contributed by atoms with van der Waals surface area (Å²) in [6.07, 6.45) is 0. The largest absolute Gasteiger partial charge is 0.343 e. The van der Waals surface area contributed by atoms with Gasteiger partial charge in [-0.3, -0.25) is 4.90 Å². The number of anilines is 2. The number of benzene rings is 3. The maximum atomic E-state index is 13.6. The van der Waals surface area contributed by atoms with Crippen molar-refractivity contribution in [3.8, 4) is 0 Å². The van der Waals surface area contributed by atoms with Gasteiger partial charge in [0, 0.05) is 0 Å². The molecule has 0 bridgehead atoms. The molecule has 5 nitrogen and oxygen atoms in total. The van der Waals surface area contributed by atoms with Crippen molar-refractivity contribution in [2.24, 2.45) is 0 Å². The highest BCUT2D eigenvalue weighted by Crippen LogP contribution is 2.40. The van der Waals surface area contributed by atoms with Crippen LogP contribution in [0.3, 0.4) is 0 Å². The predicted octanol–water partition coefficient (Wildman–Crippen LogP) is 4.95. The lowest BCUT2D eigenvalue weighted by Gasteiger charge is -2.37. The molecule has 0 radical (unpaired) electrons. The van der Waals surface area contributed by atoms with Gasteiger partial charge in [-0.2, -0.15) is 4.31 Å². The van der Waals surface area contributed by atoms with E-state index in [1.807, 2.05) is 63.2 Å². The summed E-state index contributed by atoms with van der Waals surface area (Å²) in [6, 6.07) is 19.5. The third kappa shape index (κ3) is 3.19. The molecule has 2 amide bonds. The smallest absolute Gasteiger partial charge is 0.287 e. The zero-order valence-corrected chi connectivity index (χ0v) is 17.4. The lowest BCUT2D eigenvalue weighted by Crippen LogP contribution is -2.51. The Hall–Kier alpha value is -3.12. The first kappa shape index (κ1) is 19.2. The Morgan fingerprint density at radius 1 is 0.793 bits per heavy atom. The Morgan fingerprint density at radius 3 is 2.07 bits per heavy atom. The van der Waals surface area contributed by atoms with Gasteiger partial charge in [-0.05, 0) is 49.6 Å². The van der Waals surface area contributed by atoms with Gasteiger partial charge >= 0.3 is 6.03 Å². The summed E-state index contributed by atoms with van der Waals surface area (Å²) in [4.78, 5) is 15.2. The molecule has 0 aromatic heterocycles. The Kier molecular flexibility index (Phi) is 4.67. The molecule has 1 aliphatic rings. The van der Waals surface area contributed by atoms with E-state index in [0.29, 0.717) is 11.4 Å². The van der Waals surface area contributed by atoms with Crippen molar-refractivity contribution in [2.75, 3.05) is 9.21 Å². The topological polar surface area (TPSA) is 57.7 Å². The standard InChI is InChI=1S/C23H22N2O3S/c1-16-11-13-19(14-12-16)15-24-20-9-4-5-10-21(20)29(27,28)25(23(24)26)22-17(2)7-6-8-18(22)3/h4-14H,15H2,1-3H3. The SMILES string of the molecule is Cc1ccc(CN2C(=O)N(c3c(C)cccc3C)S(=O)(=O)c3ccccc32)cc1. The zero-order valence-electron chi connectivity index (χ0n) is 16.6. The summed E-state index contributed by atoms with van der Waals surface area (Å²) in [6.45, 7) is 5.92. The van der Waals surface area contributed by atoms with E-state index in [-0.39, 0.29) is 11.4 Å². The van der Waals surface area contributed by atoms with Crippen molar-refractivity contribution in [3.05, 3.63) is 89.0 Å². The van der Waals surface area contributed by atoms with E-state index in [9.17, 15) is 13.2 Å². The molecular formula is C23H22N2O3S. The first-order valence-electron chi connectivity index (χ1n) is 9.38. The lowest BCUT2D eigenvalue weighted by atomic mass is 10.1. The maximum Gasteiger partial charge on any atom is 0.343 e. The van der Waals surface area contributed by atoms with Crippen LogP contribution in [0.5, 0.6) is 0 Å². The minimum absolute atomic E-state index is 0.134. The molecule has 6 heteroatoms. The van der Waals surface area contributed by atoms with E-state index in [1.165, 1.54) is 4.90 Å². The third-order valence-corrected chi connectivity index (χ3v) is 6.90. The van der Waals surface area contributed by atoms with Crippen LogP contribution in [0.2, 0.25) is 0 Å². The van der Waals surface area contributed by atoms with E-state index in [4.69, 9.17) is 0 Å². The highest BCUT2D eigenvalue weighted by atomic mass is 32.2. The molecule has 0 aliphatic carbocycles. The molecule has 0 unspecified atom stereocenters. The van der Waals surface area contributed by atoms with Crippen LogP contribution in [-0.2, 0) is 16.6 Å². The van der Waals surface area contributed by atoms with E-state index >= 15 is 0 Å². The molecule has 4 rings (SSSR count). The minimum atomic E-state index is -4.02. The fourth-order valence-corrected chi connectivity index (χ4v) is 5.41. The second kappa shape index (κ2) is 7.04. The van der Waals surface area contributed by atoms with Crippen molar-refractivity contribution in [2.45, 2.75) is 32.2 Å². The molecule has 0 fully saturated rings. The minimum Gasteiger partial charge on any atom is -0.287 e. The third-order valence-electron chi connectivity index (χ3n) is 5.18. The molecular weight excluding hydrogens is 384 g/mol. The Labute approximate surface area is 171 Å². The lowest BCUT2D eigenvalue weighted by molar-refractivity contribution is 0.253. The van der Waals surface area contributed by atoms with Gasteiger partial charge in [0.15, 0.2) is 0 Å². The van der Waals surface area contributed by atoms with Gasteiger partial charge in [-0.25, -0.2) is 13.2 Å². The van der Waals surface area contributed by atoms with Gasteiger partial charge in [-0.1, -0.05) is 60.2 Å². The normalized spacial score (nSPS) is 15.3. The fraction of sp³-hybridized carbons (Fsp3) is 0.174. The van der Waals surface area contributed by atoms with Gasteiger partial charge in [0.25, 0.3) is 10.0 Å². The summed E-state index contributed by atoms with van der Waals surface area (Å²) >= 11 is 0. The average Bonchev–Trinajstić information content (AvgIpc) is 2.69. The van der Waals surface area contributed by atoms with Crippen molar-refractivity contribution in [1.29, 1.82) is 0 Å². The molecule has 3 aromatic rings. The number of carbonyl (C=O) groups is 1. The molecule has 0 atom stereocenters. The zero-order chi connectivity index (χ0) is 20.8. The second-order valence-corrected chi connectivity index (χ2v) is 9.09. The molecule has 148 valence electrons. The van der Waals surface area contributed by atoms with E-state index in [1.54, 1.807) is 24.3 Å². The number of nitrogens with zero attached hydrogens (tertiary/aromatic N) is 2. The molecule has 29 heavy (non-hydrogen) atoms. The first-order valence-corrected chi connectivity index (χ1v) is 10.8. The quantitative estimate of drug-likeness (QED) is 0.619. The highest BCUT2D eigenvalue weighted by Gasteiger charge is 2.43. The van der Waals surface area contributed by atoms with Crippen LogP contribution in [0, 0.1) is 20.8 Å².